The van der Waals surface area contributed by atoms with Gasteiger partial charge >= 0.3 is 5.97 Å². The van der Waals surface area contributed by atoms with Gasteiger partial charge in [-0.3, -0.25) is 4.79 Å². The van der Waals surface area contributed by atoms with E-state index in [2.05, 4.69) is 20.6 Å². The lowest BCUT2D eigenvalue weighted by Crippen LogP contribution is -2.37. The number of aromatic nitrogens is 4. The van der Waals surface area contributed by atoms with Gasteiger partial charge in [-0.05, 0) is 31.9 Å². The predicted octanol–water partition coefficient (Wildman–Crippen LogP) is 1.74. The van der Waals surface area contributed by atoms with E-state index in [1.807, 2.05) is 20.8 Å². The molecule has 2 N–H and O–H groups in total. The Morgan fingerprint density at radius 3 is 2.65 bits per heavy atom. The number of aliphatic carboxylic acids is 1. The molecule has 0 aliphatic rings. The average Bonchev–Trinajstić information content (AvgIpc) is 2.81. The third-order valence-corrected chi connectivity index (χ3v) is 3.83. The van der Waals surface area contributed by atoms with Crippen LogP contribution in [-0.2, 0) is 4.79 Å². The fourth-order valence-corrected chi connectivity index (χ4v) is 2.13. The normalized spacial score (nSPS) is 11.8. The third-order valence-electron chi connectivity index (χ3n) is 3.83. The van der Waals surface area contributed by atoms with Crippen LogP contribution in [0.4, 0.5) is 5.82 Å². The topological polar surface area (TPSA) is 92.4 Å². The molecule has 20 heavy (non-hydrogen) atoms. The standard InChI is InChI=1S/C13H19N5O2/c1-4-13(5-2,12(19)20)8-14-10-6-7-11-16-15-9(3)18(11)17-10/h6-7H,4-5,8H2,1-3H3,(H,14,17)(H,19,20). The van der Waals surface area contributed by atoms with E-state index in [4.69, 9.17) is 0 Å². The lowest BCUT2D eigenvalue weighted by Gasteiger charge is -2.27. The van der Waals surface area contributed by atoms with E-state index in [9.17, 15) is 9.90 Å². The first-order chi connectivity index (χ1) is 9.52. The fourth-order valence-electron chi connectivity index (χ4n) is 2.13. The van der Waals surface area contributed by atoms with Gasteiger partial charge in [0.25, 0.3) is 0 Å². The van der Waals surface area contributed by atoms with Crippen LogP contribution in [0.2, 0.25) is 0 Å². The van der Waals surface area contributed by atoms with Gasteiger partial charge in [0.05, 0.1) is 5.41 Å². The molecular formula is C13H19N5O2. The van der Waals surface area contributed by atoms with Crippen molar-refractivity contribution in [2.75, 3.05) is 11.9 Å². The highest BCUT2D eigenvalue weighted by molar-refractivity contribution is 5.75. The molecule has 0 saturated heterocycles. The van der Waals surface area contributed by atoms with Crippen LogP contribution in [0.1, 0.15) is 32.5 Å². The fraction of sp³-hybridized carbons (Fsp3) is 0.538. The number of hydrogen-bond acceptors (Lipinski definition) is 5. The average molecular weight is 277 g/mol. The summed E-state index contributed by atoms with van der Waals surface area (Å²) in [4.78, 5) is 11.4. The Morgan fingerprint density at radius 1 is 1.35 bits per heavy atom. The molecule has 0 aliphatic carbocycles. The molecule has 0 aromatic carbocycles. The second kappa shape index (κ2) is 5.44. The van der Waals surface area contributed by atoms with Crippen molar-refractivity contribution in [2.45, 2.75) is 33.6 Å². The molecule has 0 radical (unpaired) electrons. The summed E-state index contributed by atoms with van der Waals surface area (Å²) in [5.41, 5.74) is -0.0951. The molecule has 0 saturated carbocycles. The lowest BCUT2D eigenvalue weighted by molar-refractivity contribution is -0.148. The number of nitrogens with one attached hydrogen (secondary N) is 1. The molecule has 7 nitrogen and oxygen atoms in total. The van der Waals surface area contributed by atoms with Gasteiger partial charge in [-0.15, -0.1) is 15.3 Å². The van der Waals surface area contributed by atoms with E-state index in [-0.39, 0.29) is 0 Å². The summed E-state index contributed by atoms with van der Waals surface area (Å²) in [6.45, 7) is 5.94. The first-order valence-corrected chi connectivity index (χ1v) is 6.68. The number of hydrogen-bond donors (Lipinski definition) is 2. The molecule has 0 atom stereocenters. The van der Waals surface area contributed by atoms with Crippen LogP contribution in [0.5, 0.6) is 0 Å². The van der Waals surface area contributed by atoms with E-state index in [0.717, 1.165) is 0 Å². The van der Waals surface area contributed by atoms with Crippen molar-refractivity contribution in [3.8, 4) is 0 Å². The van der Waals surface area contributed by atoms with E-state index < -0.39 is 11.4 Å². The number of fused-ring (bicyclic) bond motifs is 1. The monoisotopic (exact) mass is 277 g/mol. The van der Waals surface area contributed by atoms with Crippen molar-refractivity contribution in [2.24, 2.45) is 5.41 Å². The first kappa shape index (κ1) is 14.2. The highest BCUT2D eigenvalue weighted by atomic mass is 16.4. The molecule has 0 fully saturated rings. The second-order valence-electron chi connectivity index (χ2n) is 4.88. The SMILES string of the molecule is CCC(CC)(CNc1ccc2nnc(C)n2n1)C(=O)O. The smallest absolute Gasteiger partial charge is 0.311 e. The first-order valence-electron chi connectivity index (χ1n) is 6.68. The molecule has 0 unspecified atom stereocenters. The van der Waals surface area contributed by atoms with E-state index in [0.29, 0.717) is 36.7 Å². The molecular weight excluding hydrogens is 258 g/mol. The van der Waals surface area contributed by atoms with Gasteiger partial charge in [0.2, 0.25) is 0 Å². The number of aryl methyl sites for hydroxylation is 1. The summed E-state index contributed by atoms with van der Waals surface area (Å²) < 4.78 is 1.63. The zero-order valence-electron chi connectivity index (χ0n) is 11.9. The van der Waals surface area contributed by atoms with Gasteiger partial charge in [0.1, 0.15) is 5.82 Å². The molecule has 0 amide bonds. The van der Waals surface area contributed by atoms with Crippen LogP contribution < -0.4 is 5.32 Å². The van der Waals surface area contributed by atoms with Crippen molar-refractivity contribution in [3.05, 3.63) is 18.0 Å². The maximum atomic E-state index is 11.4. The van der Waals surface area contributed by atoms with Crippen LogP contribution in [0.3, 0.4) is 0 Å². The number of carboxylic acid groups (broad SMARTS) is 1. The molecule has 7 heteroatoms. The summed E-state index contributed by atoms with van der Waals surface area (Å²) >= 11 is 0. The van der Waals surface area contributed by atoms with Crippen molar-refractivity contribution < 1.29 is 9.90 Å². The van der Waals surface area contributed by atoms with Crippen LogP contribution in [0, 0.1) is 12.3 Å². The molecule has 108 valence electrons. The zero-order chi connectivity index (χ0) is 14.8. The minimum Gasteiger partial charge on any atom is -0.481 e. The summed E-state index contributed by atoms with van der Waals surface area (Å²) in [6, 6.07) is 3.58. The minimum absolute atomic E-state index is 0.342. The van der Waals surface area contributed by atoms with Crippen LogP contribution in [0.15, 0.2) is 12.1 Å². The van der Waals surface area contributed by atoms with Gasteiger partial charge in [-0.2, -0.15) is 4.52 Å². The number of anilines is 1. The van der Waals surface area contributed by atoms with Crippen LogP contribution >= 0.6 is 0 Å². The number of nitrogens with zero attached hydrogens (tertiary/aromatic N) is 4. The van der Waals surface area contributed by atoms with Crippen molar-refractivity contribution in [1.82, 2.24) is 19.8 Å². The maximum absolute atomic E-state index is 11.4. The van der Waals surface area contributed by atoms with E-state index in [1.165, 1.54) is 0 Å². The molecule has 2 aromatic heterocycles. The lowest BCUT2D eigenvalue weighted by atomic mass is 9.82. The van der Waals surface area contributed by atoms with Gasteiger partial charge in [-0.25, -0.2) is 0 Å². The molecule has 2 rings (SSSR count). The third kappa shape index (κ3) is 2.43. The van der Waals surface area contributed by atoms with E-state index in [1.54, 1.807) is 16.6 Å². The van der Waals surface area contributed by atoms with Crippen molar-refractivity contribution in [1.29, 1.82) is 0 Å². The quantitative estimate of drug-likeness (QED) is 0.835. The number of carbonyl (C=O) groups is 1. The molecule has 0 spiro atoms. The summed E-state index contributed by atoms with van der Waals surface area (Å²) in [5.74, 6) is 0.531. The van der Waals surface area contributed by atoms with Gasteiger partial charge in [0, 0.05) is 6.54 Å². The van der Waals surface area contributed by atoms with E-state index >= 15 is 0 Å². The molecule has 0 bridgehead atoms. The Kier molecular flexibility index (Phi) is 3.87. The van der Waals surface area contributed by atoms with Gasteiger partial charge in [-0.1, -0.05) is 13.8 Å². The molecule has 2 heterocycles. The number of carboxylic acids is 1. The van der Waals surface area contributed by atoms with Crippen molar-refractivity contribution >= 4 is 17.4 Å². The highest BCUT2D eigenvalue weighted by Crippen LogP contribution is 2.27. The van der Waals surface area contributed by atoms with Gasteiger partial charge < -0.3 is 10.4 Å². The highest BCUT2D eigenvalue weighted by Gasteiger charge is 2.34. The molecule has 0 aliphatic heterocycles. The Bertz CT molecular complexity index is 618. The zero-order valence-corrected chi connectivity index (χ0v) is 11.9. The minimum atomic E-state index is -0.781. The number of rotatable bonds is 6. The molecule has 2 aromatic rings. The summed E-state index contributed by atoms with van der Waals surface area (Å²) in [6.07, 6.45) is 1.14. The second-order valence-corrected chi connectivity index (χ2v) is 4.88. The predicted molar refractivity (Wildman–Crippen MR) is 74.7 cm³/mol. The summed E-state index contributed by atoms with van der Waals surface area (Å²) in [5, 5.41) is 24.8. The summed E-state index contributed by atoms with van der Waals surface area (Å²) in [7, 11) is 0. The maximum Gasteiger partial charge on any atom is 0.311 e. The van der Waals surface area contributed by atoms with Gasteiger partial charge in [0.15, 0.2) is 11.5 Å². The largest absolute Gasteiger partial charge is 0.481 e. The Morgan fingerprint density at radius 2 is 2.05 bits per heavy atom. The van der Waals surface area contributed by atoms with Crippen LogP contribution in [-0.4, -0.2) is 37.4 Å². The Hall–Kier alpha value is -2.18. The van der Waals surface area contributed by atoms with Crippen LogP contribution in [0.25, 0.3) is 5.65 Å². The van der Waals surface area contributed by atoms with Crippen molar-refractivity contribution in [3.63, 3.8) is 0 Å². The Labute approximate surface area is 117 Å². The Balaban J connectivity index is 2.19.